The molecule has 0 spiro atoms. The van der Waals surface area contributed by atoms with Crippen molar-refractivity contribution in [1.82, 2.24) is 9.80 Å². The average Bonchev–Trinajstić information content (AvgIpc) is 3.08. The first kappa shape index (κ1) is 19.4. The highest BCUT2D eigenvalue weighted by Crippen LogP contribution is 2.30. The molecule has 27 heavy (non-hydrogen) atoms. The second-order valence-corrected chi connectivity index (χ2v) is 6.75. The SMILES string of the molecule is COc1ccc(NC(=O)[C@@H]2CC(=O)N(CCN3CCOCC3)C2)c(OC)c1. The monoisotopic (exact) mass is 377 g/mol. The Morgan fingerprint density at radius 2 is 2.00 bits per heavy atom. The van der Waals surface area contributed by atoms with Crippen molar-refractivity contribution in [2.24, 2.45) is 5.92 Å². The molecular weight excluding hydrogens is 350 g/mol. The van der Waals surface area contributed by atoms with Crippen molar-refractivity contribution in [1.29, 1.82) is 0 Å². The second-order valence-electron chi connectivity index (χ2n) is 6.75. The molecular formula is C19H27N3O5. The number of carbonyl (C=O) groups is 2. The number of morpholine rings is 1. The molecule has 8 nitrogen and oxygen atoms in total. The number of methoxy groups -OCH3 is 2. The van der Waals surface area contributed by atoms with Gasteiger partial charge in [0.2, 0.25) is 11.8 Å². The van der Waals surface area contributed by atoms with Crippen molar-refractivity contribution in [3.63, 3.8) is 0 Å². The summed E-state index contributed by atoms with van der Waals surface area (Å²) in [6, 6.07) is 5.21. The van der Waals surface area contributed by atoms with Crippen LogP contribution in [0.5, 0.6) is 11.5 Å². The Morgan fingerprint density at radius 3 is 2.70 bits per heavy atom. The molecule has 0 saturated carbocycles. The molecule has 2 aliphatic rings. The Morgan fingerprint density at radius 1 is 1.22 bits per heavy atom. The average molecular weight is 377 g/mol. The van der Waals surface area contributed by atoms with Crippen LogP contribution in [0.3, 0.4) is 0 Å². The number of carbonyl (C=O) groups excluding carboxylic acids is 2. The van der Waals surface area contributed by atoms with Gasteiger partial charge in [0.1, 0.15) is 11.5 Å². The molecule has 0 aromatic heterocycles. The maximum Gasteiger partial charge on any atom is 0.229 e. The fraction of sp³-hybridized carbons (Fsp3) is 0.579. The van der Waals surface area contributed by atoms with Gasteiger partial charge >= 0.3 is 0 Å². The Bertz CT molecular complexity index is 675. The molecule has 1 N–H and O–H groups in total. The maximum atomic E-state index is 12.6. The summed E-state index contributed by atoms with van der Waals surface area (Å²) in [4.78, 5) is 29.0. The summed E-state index contributed by atoms with van der Waals surface area (Å²) in [6.45, 7) is 5.18. The summed E-state index contributed by atoms with van der Waals surface area (Å²) in [5.74, 6) is 0.686. The fourth-order valence-electron chi connectivity index (χ4n) is 3.39. The normalized spacial score (nSPS) is 20.6. The Balaban J connectivity index is 1.54. The number of rotatable bonds is 7. The molecule has 2 saturated heterocycles. The lowest BCUT2D eigenvalue weighted by molar-refractivity contribution is -0.128. The smallest absolute Gasteiger partial charge is 0.229 e. The van der Waals surface area contributed by atoms with Crippen molar-refractivity contribution in [3.05, 3.63) is 18.2 Å². The lowest BCUT2D eigenvalue weighted by Gasteiger charge is -2.28. The zero-order valence-electron chi connectivity index (χ0n) is 15.9. The first-order valence-electron chi connectivity index (χ1n) is 9.21. The van der Waals surface area contributed by atoms with Gasteiger partial charge in [0.25, 0.3) is 0 Å². The summed E-state index contributed by atoms with van der Waals surface area (Å²) >= 11 is 0. The van der Waals surface area contributed by atoms with Crippen molar-refractivity contribution < 1.29 is 23.8 Å². The van der Waals surface area contributed by atoms with Crippen molar-refractivity contribution in [2.45, 2.75) is 6.42 Å². The highest BCUT2D eigenvalue weighted by molar-refractivity contribution is 5.98. The number of amides is 2. The summed E-state index contributed by atoms with van der Waals surface area (Å²) in [6.07, 6.45) is 0.243. The van der Waals surface area contributed by atoms with Gasteiger partial charge in [-0.3, -0.25) is 14.5 Å². The first-order valence-corrected chi connectivity index (χ1v) is 9.21. The second kappa shape index (κ2) is 9.05. The van der Waals surface area contributed by atoms with Gasteiger partial charge in [-0.15, -0.1) is 0 Å². The lowest BCUT2D eigenvalue weighted by Crippen LogP contribution is -2.42. The summed E-state index contributed by atoms with van der Waals surface area (Å²) < 4.78 is 15.8. The van der Waals surface area contributed by atoms with E-state index in [9.17, 15) is 9.59 Å². The third kappa shape index (κ3) is 4.90. The third-order valence-electron chi connectivity index (χ3n) is 5.04. The number of anilines is 1. The van der Waals surface area contributed by atoms with Crippen molar-refractivity contribution in [3.8, 4) is 11.5 Å². The molecule has 0 radical (unpaired) electrons. The van der Waals surface area contributed by atoms with Crippen LogP contribution in [0.1, 0.15) is 6.42 Å². The standard InChI is InChI=1S/C19H27N3O5/c1-25-15-3-4-16(17(12-15)26-2)20-19(24)14-11-18(23)22(13-14)6-5-21-7-9-27-10-8-21/h3-4,12,14H,5-11,13H2,1-2H3,(H,20,24)/t14-/m1/s1. The number of nitrogens with zero attached hydrogens (tertiary/aromatic N) is 2. The molecule has 148 valence electrons. The fourth-order valence-corrected chi connectivity index (χ4v) is 3.39. The summed E-state index contributed by atoms with van der Waals surface area (Å²) in [5.41, 5.74) is 0.572. The summed E-state index contributed by atoms with van der Waals surface area (Å²) in [7, 11) is 3.11. The molecule has 3 rings (SSSR count). The van der Waals surface area contributed by atoms with Crippen LogP contribution in [0.4, 0.5) is 5.69 Å². The minimum absolute atomic E-state index is 0.0325. The number of benzene rings is 1. The van der Waals surface area contributed by atoms with Crippen LogP contribution in [0.25, 0.3) is 0 Å². The minimum Gasteiger partial charge on any atom is -0.497 e. The molecule has 0 aliphatic carbocycles. The first-order chi connectivity index (χ1) is 13.1. The van der Waals surface area contributed by atoms with E-state index in [4.69, 9.17) is 14.2 Å². The van der Waals surface area contributed by atoms with E-state index in [1.54, 1.807) is 30.2 Å². The molecule has 0 unspecified atom stereocenters. The molecule has 2 amide bonds. The van der Waals surface area contributed by atoms with Crippen molar-refractivity contribution in [2.75, 3.05) is 65.5 Å². The Kier molecular flexibility index (Phi) is 6.52. The summed E-state index contributed by atoms with van der Waals surface area (Å²) in [5, 5.41) is 2.88. The number of hydrogen-bond donors (Lipinski definition) is 1. The number of nitrogens with one attached hydrogen (secondary N) is 1. The van der Waals surface area contributed by atoms with Gasteiger partial charge in [-0.2, -0.15) is 0 Å². The Labute approximate surface area is 159 Å². The molecule has 1 atom stereocenters. The van der Waals surface area contributed by atoms with E-state index in [0.29, 0.717) is 30.3 Å². The van der Waals surface area contributed by atoms with Crippen LogP contribution < -0.4 is 14.8 Å². The third-order valence-corrected chi connectivity index (χ3v) is 5.04. The number of ether oxygens (including phenoxy) is 3. The highest BCUT2D eigenvalue weighted by Gasteiger charge is 2.34. The van der Waals surface area contributed by atoms with Gasteiger partial charge in [-0.05, 0) is 12.1 Å². The van der Waals surface area contributed by atoms with E-state index < -0.39 is 0 Å². The van der Waals surface area contributed by atoms with Crippen LogP contribution in [0.2, 0.25) is 0 Å². The zero-order valence-corrected chi connectivity index (χ0v) is 15.9. The van der Waals surface area contributed by atoms with Crippen LogP contribution in [-0.2, 0) is 14.3 Å². The van der Waals surface area contributed by atoms with Gasteiger partial charge in [0.15, 0.2) is 0 Å². The maximum absolute atomic E-state index is 12.6. The van der Waals surface area contributed by atoms with Gasteiger partial charge in [-0.1, -0.05) is 0 Å². The predicted molar refractivity (Wildman–Crippen MR) is 100 cm³/mol. The van der Waals surface area contributed by atoms with E-state index in [1.165, 1.54) is 7.11 Å². The van der Waals surface area contributed by atoms with Crippen LogP contribution in [-0.4, -0.2) is 81.8 Å². The predicted octanol–water partition coefficient (Wildman–Crippen LogP) is 0.823. The molecule has 0 bridgehead atoms. The zero-order chi connectivity index (χ0) is 19.2. The quantitative estimate of drug-likeness (QED) is 0.758. The molecule has 8 heteroatoms. The van der Waals surface area contributed by atoms with E-state index >= 15 is 0 Å². The number of hydrogen-bond acceptors (Lipinski definition) is 6. The van der Waals surface area contributed by atoms with Crippen LogP contribution >= 0.6 is 0 Å². The Hall–Kier alpha value is -2.32. The molecule has 2 heterocycles. The molecule has 1 aromatic carbocycles. The number of likely N-dealkylation sites (tertiary alicyclic amines) is 1. The van der Waals surface area contributed by atoms with Gasteiger partial charge in [-0.25, -0.2) is 0 Å². The lowest BCUT2D eigenvalue weighted by atomic mass is 10.1. The van der Waals surface area contributed by atoms with Gasteiger partial charge in [0.05, 0.1) is 39.0 Å². The van der Waals surface area contributed by atoms with Gasteiger partial charge in [0, 0.05) is 45.2 Å². The van der Waals surface area contributed by atoms with E-state index in [0.717, 1.165) is 32.8 Å². The molecule has 2 aliphatic heterocycles. The van der Waals surface area contributed by atoms with E-state index in [2.05, 4.69) is 10.2 Å². The van der Waals surface area contributed by atoms with Crippen LogP contribution in [0.15, 0.2) is 18.2 Å². The molecule has 1 aromatic rings. The van der Waals surface area contributed by atoms with E-state index in [-0.39, 0.29) is 24.2 Å². The minimum atomic E-state index is -0.353. The van der Waals surface area contributed by atoms with Crippen molar-refractivity contribution >= 4 is 17.5 Å². The largest absolute Gasteiger partial charge is 0.497 e. The highest BCUT2D eigenvalue weighted by atomic mass is 16.5. The molecule has 2 fully saturated rings. The topological polar surface area (TPSA) is 80.3 Å². The van der Waals surface area contributed by atoms with E-state index in [1.807, 2.05) is 0 Å². The van der Waals surface area contributed by atoms with Gasteiger partial charge < -0.3 is 24.4 Å². The van der Waals surface area contributed by atoms with Crippen LogP contribution in [0, 0.1) is 5.92 Å².